The molecule has 4 nitrogen and oxygen atoms in total. The van der Waals surface area contributed by atoms with E-state index in [2.05, 4.69) is 12.1 Å². The third-order valence-corrected chi connectivity index (χ3v) is 4.73. The zero-order valence-electron chi connectivity index (χ0n) is 12.2. The summed E-state index contributed by atoms with van der Waals surface area (Å²) in [5.74, 6) is 0.735. The Morgan fingerprint density at radius 3 is 2.50 bits per heavy atom. The molecule has 0 saturated carbocycles. The van der Waals surface area contributed by atoms with Gasteiger partial charge in [0.15, 0.2) is 0 Å². The molecule has 0 heterocycles. The summed E-state index contributed by atoms with van der Waals surface area (Å²) < 4.78 is 28.1. The molecule has 1 aliphatic rings. The van der Waals surface area contributed by atoms with Gasteiger partial charge in [0, 0.05) is 5.41 Å². The molecule has 0 atom stereocenters. The van der Waals surface area contributed by atoms with Gasteiger partial charge in [-0.05, 0) is 48.9 Å². The topological polar surface area (TPSA) is 69.4 Å². The number of ether oxygens (including phenoxy) is 1. The molecule has 0 saturated heterocycles. The molecule has 5 heteroatoms. The maximum Gasteiger partial charge on any atom is 0.209 e. The second-order valence-corrected chi connectivity index (χ2v) is 8.01. The van der Waals surface area contributed by atoms with Crippen LogP contribution in [0.25, 0.3) is 0 Å². The molecule has 20 heavy (non-hydrogen) atoms. The van der Waals surface area contributed by atoms with Crippen molar-refractivity contribution in [1.29, 1.82) is 0 Å². The van der Waals surface area contributed by atoms with Crippen LogP contribution in [0.4, 0.5) is 0 Å². The van der Waals surface area contributed by atoms with Crippen LogP contribution in [0.2, 0.25) is 0 Å². The highest BCUT2D eigenvalue weighted by Gasteiger charge is 2.25. The second kappa shape index (κ2) is 5.74. The van der Waals surface area contributed by atoms with Gasteiger partial charge in [-0.1, -0.05) is 19.9 Å². The number of aryl methyl sites for hydroxylation is 2. The number of hydrogen-bond acceptors (Lipinski definition) is 3. The van der Waals surface area contributed by atoms with Crippen molar-refractivity contribution in [2.24, 2.45) is 10.6 Å². The maximum atomic E-state index is 11.2. The van der Waals surface area contributed by atoms with E-state index in [9.17, 15) is 8.42 Å². The first-order valence-corrected chi connectivity index (χ1v) is 8.72. The quantitative estimate of drug-likeness (QED) is 0.906. The highest BCUT2D eigenvalue weighted by Crippen LogP contribution is 2.26. The van der Waals surface area contributed by atoms with Gasteiger partial charge < -0.3 is 4.74 Å². The van der Waals surface area contributed by atoms with E-state index in [1.807, 2.05) is 19.9 Å². The lowest BCUT2D eigenvalue weighted by Crippen LogP contribution is -2.33. The van der Waals surface area contributed by atoms with E-state index in [0.717, 1.165) is 18.6 Å². The van der Waals surface area contributed by atoms with Crippen LogP contribution in [-0.2, 0) is 22.9 Å². The summed E-state index contributed by atoms with van der Waals surface area (Å²) in [6.07, 6.45) is 4.74. The lowest BCUT2D eigenvalue weighted by atomic mass is 9.91. The van der Waals surface area contributed by atoms with Crippen LogP contribution >= 0.6 is 0 Å². The van der Waals surface area contributed by atoms with Gasteiger partial charge in [0.05, 0.1) is 12.4 Å². The molecular formula is C15H23NO3S. The number of sulfonamides is 1. The van der Waals surface area contributed by atoms with Gasteiger partial charge in [-0.2, -0.15) is 0 Å². The van der Waals surface area contributed by atoms with Crippen molar-refractivity contribution >= 4 is 10.0 Å². The van der Waals surface area contributed by atoms with E-state index in [1.54, 1.807) is 0 Å². The Bertz CT molecular complexity index is 579. The number of rotatable bonds is 5. The van der Waals surface area contributed by atoms with Crippen molar-refractivity contribution in [1.82, 2.24) is 0 Å². The van der Waals surface area contributed by atoms with Gasteiger partial charge in [0.2, 0.25) is 10.0 Å². The largest absolute Gasteiger partial charge is 0.493 e. The molecule has 0 spiro atoms. The molecule has 0 amide bonds. The van der Waals surface area contributed by atoms with E-state index in [-0.39, 0.29) is 5.75 Å². The molecule has 112 valence electrons. The van der Waals surface area contributed by atoms with Crippen LogP contribution in [-0.4, -0.2) is 20.8 Å². The monoisotopic (exact) mass is 297 g/mol. The molecule has 2 N–H and O–H groups in total. The number of primary sulfonamides is 1. The molecule has 2 rings (SSSR count). The molecule has 1 aromatic carbocycles. The zero-order chi connectivity index (χ0) is 14.8. The standard InChI is InChI=1S/C15H23NO3S/c1-15(2,11-20(16,17)18)10-19-14-8-7-12-5-3-4-6-13(12)9-14/h7-9H,3-6,10-11H2,1-2H3,(H2,16,17,18). The van der Waals surface area contributed by atoms with E-state index >= 15 is 0 Å². The average Bonchev–Trinajstić information content (AvgIpc) is 2.33. The molecule has 0 bridgehead atoms. The summed E-state index contributed by atoms with van der Waals surface area (Å²) in [6.45, 7) is 4.02. The first kappa shape index (κ1) is 15.3. The lowest BCUT2D eigenvalue weighted by Gasteiger charge is -2.24. The Balaban J connectivity index is 2.00. The minimum atomic E-state index is -3.48. The predicted octanol–water partition coefficient (Wildman–Crippen LogP) is 2.26. The number of fused-ring (bicyclic) bond motifs is 1. The molecule has 0 aromatic heterocycles. The predicted molar refractivity (Wildman–Crippen MR) is 80.3 cm³/mol. The fourth-order valence-electron chi connectivity index (χ4n) is 2.66. The van der Waals surface area contributed by atoms with Gasteiger partial charge in [-0.3, -0.25) is 0 Å². The molecule has 0 fully saturated rings. The van der Waals surface area contributed by atoms with Crippen molar-refractivity contribution in [2.75, 3.05) is 12.4 Å². The number of nitrogens with two attached hydrogens (primary N) is 1. The van der Waals surface area contributed by atoms with Gasteiger partial charge in [-0.15, -0.1) is 0 Å². The summed E-state index contributed by atoms with van der Waals surface area (Å²) in [5, 5.41) is 5.10. The molecule has 1 aromatic rings. The third-order valence-electron chi connectivity index (χ3n) is 3.54. The molecule has 0 aliphatic heterocycles. The minimum absolute atomic E-state index is 0.0784. The first-order chi connectivity index (χ1) is 9.25. The van der Waals surface area contributed by atoms with Crippen LogP contribution < -0.4 is 9.88 Å². The smallest absolute Gasteiger partial charge is 0.209 e. The Morgan fingerprint density at radius 2 is 1.85 bits per heavy atom. The van der Waals surface area contributed by atoms with Crippen molar-refractivity contribution in [2.45, 2.75) is 39.5 Å². The Kier molecular flexibility index (Phi) is 4.39. The molecule has 0 radical (unpaired) electrons. The van der Waals surface area contributed by atoms with Gasteiger partial charge in [-0.25, -0.2) is 13.6 Å². The van der Waals surface area contributed by atoms with Crippen LogP contribution in [0.1, 0.15) is 37.8 Å². The summed E-state index contributed by atoms with van der Waals surface area (Å²) in [5.41, 5.74) is 2.27. The molecular weight excluding hydrogens is 274 g/mol. The normalized spacial score (nSPS) is 15.8. The summed E-state index contributed by atoms with van der Waals surface area (Å²) in [6, 6.07) is 6.18. The molecule has 1 aliphatic carbocycles. The fourth-order valence-corrected chi connectivity index (χ4v) is 3.84. The highest BCUT2D eigenvalue weighted by molar-refractivity contribution is 7.89. The zero-order valence-corrected chi connectivity index (χ0v) is 13.0. The van der Waals surface area contributed by atoms with Crippen LogP contribution in [0.15, 0.2) is 18.2 Å². The highest BCUT2D eigenvalue weighted by atomic mass is 32.2. The second-order valence-electron chi connectivity index (χ2n) is 6.40. The van der Waals surface area contributed by atoms with Crippen LogP contribution in [0, 0.1) is 5.41 Å². The third kappa shape index (κ3) is 4.49. The number of benzene rings is 1. The average molecular weight is 297 g/mol. The maximum absolute atomic E-state index is 11.2. The van der Waals surface area contributed by atoms with Gasteiger partial charge >= 0.3 is 0 Å². The molecule has 0 unspecified atom stereocenters. The van der Waals surface area contributed by atoms with E-state index in [4.69, 9.17) is 9.88 Å². The SMILES string of the molecule is CC(C)(COc1ccc2c(c1)CCCC2)CS(N)(=O)=O. The van der Waals surface area contributed by atoms with Gasteiger partial charge in [0.1, 0.15) is 5.75 Å². The number of hydrogen-bond donors (Lipinski definition) is 1. The van der Waals surface area contributed by atoms with E-state index in [0.29, 0.717) is 6.61 Å². The Labute approximate surface area is 121 Å². The van der Waals surface area contributed by atoms with Crippen molar-refractivity contribution in [3.05, 3.63) is 29.3 Å². The van der Waals surface area contributed by atoms with Crippen LogP contribution in [0.3, 0.4) is 0 Å². The van der Waals surface area contributed by atoms with Crippen molar-refractivity contribution < 1.29 is 13.2 Å². The van der Waals surface area contributed by atoms with Crippen molar-refractivity contribution in [3.8, 4) is 5.75 Å². The van der Waals surface area contributed by atoms with E-state index < -0.39 is 15.4 Å². The summed E-state index contributed by atoms with van der Waals surface area (Å²) >= 11 is 0. The fraction of sp³-hybridized carbons (Fsp3) is 0.600. The Morgan fingerprint density at radius 1 is 1.20 bits per heavy atom. The minimum Gasteiger partial charge on any atom is -0.493 e. The summed E-state index contributed by atoms with van der Waals surface area (Å²) in [7, 11) is -3.48. The summed E-state index contributed by atoms with van der Waals surface area (Å²) in [4.78, 5) is 0. The first-order valence-electron chi connectivity index (χ1n) is 7.00. The van der Waals surface area contributed by atoms with Gasteiger partial charge in [0.25, 0.3) is 0 Å². The van der Waals surface area contributed by atoms with E-state index in [1.165, 1.54) is 24.0 Å². The van der Waals surface area contributed by atoms with Crippen molar-refractivity contribution in [3.63, 3.8) is 0 Å². The lowest BCUT2D eigenvalue weighted by molar-refractivity contribution is 0.199. The van der Waals surface area contributed by atoms with Crippen LogP contribution in [0.5, 0.6) is 5.75 Å². The Hall–Kier alpha value is -1.07.